The highest BCUT2D eigenvalue weighted by atomic mass is 19.4. The van der Waals surface area contributed by atoms with Crippen molar-refractivity contribution in [1.82, 2.24) is 9.80 Å². The van der Waals surface area contributed by atoms with Gasteiger partial charge in [-0.05, 0) is 67.5 Å². The van der Waals surface area contributed by atoms with Crippen LogP contribution >= 0.6 is 0 Å². The molecule has 2 aliphatic heterocycles. The number of hydrogen-bond donors (Lipinski definition) is 0. The Bertz CT molecular complexity index is 1070. The summed E-state index contributed by atoms with van der Waals surface area (Å²) in [6, 6.07) is 12.5. The summed E-state index contributed by atoms with van der Waals surface area (Å²) in [5.41, 5.74) is 0.968. The second-order valence-corrected chi connectivity index (χ2v) is 9.31. The van der Waals surface area contributed by atoms with E-state index in [0.717, 1.165) is 37.0 Å². The van der Waals surface area contributed by atoms with E-state index in [1.165, 1.54) is 12.1 Å². The first-order valence-corrected chi connectivity index (χ1v) is 11.9. The molecule has 0 radical (unpaired) electrons. The van der Waals surface area contributed by atoms with E-state index in [4.69, 9.17) is 9.47 Å². The molecule has 2 aromatic carbocycles. The fourth-order valence-electron chi connectivity index (χ4n) is 4.71. The van der Waals surface area contributed by atoms with Crippen molar-refractivity contribution < 1.29 is 37.0 Å². The number of carbonyl (C=O) groups excluding carboxylic acids is 2. The molecule has 2 amide bonds. The molecule has 0 bridgehead atoms. The van der Waals surface area contributed by atoms with Crippen LogP contribution in [0.5, 0.6) is 17.2 Å². The first-order chi connectivity index (χ1) is 17.1. The van der Waals surface area contributed by atoms with Gasteiger partial charge in [-0.3, -0.25) is 9.59 Å². The minimum absolute atomic E-state index is 0.00309. The molecule has 0 aromatic heterocycles. The summed E-state index contributed by atoms with van der Waals surface area (Å²) in [5, 5.41) is 0. The Kier molecular flexibility index (Phi) is 7.61. The fourth-order valence-corrected chi connectivity index (χ4v) is 4.71. The summed E-state index contributed by atoms with van der Waals surface area (Å²) in [4.78, 5) is 28.9. The molecule has 0 unspecified atom stereocenters. The lowest BCUT2D eigenvalue weighted by Crippen LogP contribution is -2.46. The second kappa shape index (κ2) is 10.7. The normalized spacial score (nSPS) is 17.2. The summed E-state index contributed by atoms with van der Waals surface area (Å²) < 4.78 is 51.8. The number of likely N-dealkylation sites (tertiary alicyclic amines) is 2. The van der Waals surface area contributed by atoms with Gasteiger partial charge in [0, 0.05) is 26.2 Å². The van der Waals surface area contributed by atoms with Crippen molar-refractivity contribution in [1.29, 1.82) is 0 Å². The molecule has 2 aromatic rings. The minimum atomic E-state index is -4.76. The summed E-state index contributed by atoms with van der Waals surface area (Å²) in [6.45, 7) is 4.22. The third kappa shape index (κ3) is 6.61. The van der Waals surface area contributed by atoms with Crippen LogP contribution in [0.15, 0.2) is 48.5 Å². The van der Waals surface area contributed by atoms with Crippen LogP contribution in [-0.2, 0) is 9.59 Å². The molecule has 2 heterocycles. The SMILES string of the molecule is Cc1ccccc1OCC(=O)N1CCC2(CC1)CCN(C(=O)COc1ccc(OC(F)(F)F)cc1)C2. The third-order valence-corrected chi connectivity index (χ3v) is 6.83. The quantitative estimate of drug-likeness (QED) is 0.564. The van der Waals surface area contributed by atoms with E-state index in [2.05, 4.69) is 4.74 Å². The van der Waals surface area contributed by atoms with Gasteiger partial charge in [-0.25, -0.2) is 0 Å². The maximum Gasteiger partial charge on any atom is 0.573 e. The van der Waals surface area contributed by atoms with Crippen LogP contribution in [-0.4, -0.2) is 67.4 Å². The van der Waals surface area contributed by atoms with Crippen LogP contribution in [0, 0.1) is 12.3 Å². The molecule has 10 heteroatoms. The first-order valence-electron chi connectivity index (χ1n) is 11.9. The Labute approximate surface area is 207 Å². The monoisotopic (exact) mass is 506 g/mol. The van der Waals surface area contributed by atoms with Gasteiger partial charge in [0.2, 0.25) is 0 Å². The predicted molar refractivity (Wildman–Crippen MR) is 125 cm³/mol. The number of hydrogen-bond acceptors (Lipinski definition) is 5. The predicted octanol–water partition coefficient (Wildman–Crippen LogP) is 4.19. The zero-order valence-corrected chi connectivity index (χ0v) is 20.1. The first kappa shape index (κ1) is 25.7. The van der Waals surface area contributed by atoms with Crippen molar-refractivity contribution >= 4 is 11.8 Å². The van der Waals surface area contributed by atoms with Crippen LogP contribution in [0.4, 0.5) is 13.2 Å². The van der Waals surface area contributed by atoms with Crippen molar-refractivity contribution in [2.24, 2.45) is 5.41 Å². The van der Waals surface area contributed by atoms with E-state index in [1.54, 1.807) is 4.90 Å². The maximum atomic E-state index is 12.7. The Morgan fingerprint density at radius 1 is 0.833 bits per heavy atom. The van der Waals surface area contributed by atoms with Crippen molar-refractivity contribution in [2.45, 2.75) is 32.5 Å². The van der Waals surface area contributed by atoms with Crippen molar-refractivity contribution in [2.75, 3.05) is 39.4 Å². The van der Waals surface area contributed by atoms with Gasteiger partial charge in [-0.2, -0.15) is 0 Å². The Hall–Kier alpha value is -3.43. The van der Waals surface area contributed by atoms with Crippen molar-refractivity contribution in [3.8, 4) is 17.2 Å². The standard InChI is InChI=1S/C26H29F3N2O5/c1-19-4-2-3-5-22(19)35-17-23(32)30-13-10-25(11-14-30)12-15-31(18-25)24(33)16-34-20-6-8-21(9-7-20)36-26(27,28)29/h2-9H,10-18H2,1H3. The van der Waals surface area contributed by atoms with Gasteiger partial charge in [0.25, 0.3) is 11.8 Å². The molecule has 0 aliphatic carbocycles. The highest BCUT2D eigenvalue weighted by Crippen LogP contribution is 2.40. The van der Waals surface area contributed by atoms with E-state index in [9.17, 15) is 22.8 Å². The number of rotatable bonds is 7. The largest absolute Gasteiger partial charge is 0.573 e. The average Bonchev–Trinajstić information content (AvgIpc) is 3.26. The molecule has 194 valence electrons. The van der Waals surface area contributed by atoms with Gasteiger partial charge in [-0.15, -0.1) is 13.2 Å². The molecule has 2 aliphatic rings. The number of halogens is 3. The van der Waals surface area contributed by atoms with Gasteiger partial charge in [0.05, 0.1) is 0 Å². The van der Waals surface area contributed by atoms with Crippen LogP contribution in [0.3, 0.4) is 0 Å². The van der Waals surface area contributed by atoms with Crippen LogP contribution in [0.25, 0.3) is 0 Å². The number of aryl methyl sites for hydroxylation is 1. The number of alkyl halides is 3. The zero-order chi connectivity index (χ0) is 25.8. The van der Waals surface area contributed by atoms with Gasteiger partial charge >= 0.3 is 6.36 Å². The molecule has 7 nitrogen and oxygen atoms in total. The molecule has 36 heavy (non-hydrogen) atoms. The maximum absolute atomic E-state index is 12.7. The summed E-state index contributed by atoms with van der Waals surface area (Å²) in [6.07, 6.45) is -2.27. The highest BCUT2D eigenvalue weighted by Gasteiger charge is 2.42. The number of amides is 2. The van der Waals surface area contributed by atoms with Gasteiger partial charge < -0.3 is 24.0 Å². The number of nitrogens with zero attached hydrogens (tertiary/aromatic N) is 2. The van der Waals surface area contributed by atoms with Crippen LogP contribution in [0.1, 0.15) is 24.8 Å². The van der Waals surface area contributed by atoms with Gasteiger partial charge in [-0.1, -0.05) is 18.2 Å². The van der Waals surface area contributed by atoms with Crippen LogP contribution < -0.4 is 14.2 Å². The van der Waals surface area contributed by atoms with E-state index in [1.807, 2.05) is 36.1 Å². The molecular formula is C26H29F3N2O5. The molecule has 0 N–H and O–H groups in total. The number of carbonyl (C=O) groups is 2. The van der Waals surface area contributed by atoms with Gasteiger partial charge in [0.1, 0.15) is 17.2 Å². The van der Waals surface area contributed by atoms with Crippen LogP contribution in [0.2, 0.25) is 0 Å². The molecule has 2 fully saturated rings. The molecule has 0 atom stereocenters. The number of piperidine rings is 1. The third-order valence-electron chi connectivity index (χ3n) is 6.83. The number of ether oxygens (including phenoxy) is 3. The fraction of sp³-hybridized carbons (Fsp3) is 0.462. The summed E-state index contributed by atoms with van der Waals surface area (Å²) >= 11 is 0. The Morgan fingerprint density at radius 2 is 1.39 bits per heavy atom. The molecular weight excluding hydrogens is 477 g/mol. The minimum Gasteiger partial charge on any atom is -0.484 e. The van der Waals surface area contributed by atoms with E-state index in [0.29, 0.717) is 31.9 Å². The van der Waals surface area contributed by atoms with E-state index >= 15 is 0 Å². The Balaban J connectivity index is 1.20. The smallest absolute Gasteiger partial charge is 0.484 e. The molecule has 1 spiro atoms. The number of benzene rings is 2. The second-order valence-electron chi connectivity index (χ2n) is 9.31. The molecule has 2 saturated heterocycles. The van der Waals surface area contributed by atoms with Crippen molar-refractivity contribution in [3.63, 3.8) is 0 Å². The Morgan fingerprint density at radius 3 is 2.03 bits per heavy atom. The topological polar surface area (TPSA) is 68.3 Å². The highest BCUT2D eigenvalue weighted by molar-refractivity contribution is 5.79. The van der Waals surface area contributed by atoms with E-state index in [-0.39, 0.29) is 41.9 Å². The lowest BCUT2D eigenvalue weighted by molar-refractivity contribution is -0.274. The zero-order valence-electron chi connectivity index (χ0n) is 20.1. The average molecular weight is 507 g/mol. The number of para-hydroxylation sites is 1. The van der Waals surface area contributed by atoms with Crippen molar-refractivity contribution in [3.05, 3.63) is 54.1 Å². The molecule has 4 rings (SSSR count). The van der Waals surface area contributed by atoms with E-state index < -0.39 is 6.36 Å². The summed E-state index contributed by atoms with van der Waals surface area (Å²) in [7, 11) is 0. The molecule has 0 saturated carbocycles. The lowest BCUT2D eigenvalue weighted by atomic mass is 9.78. The summed E-state index contributed by atoms with van der Waals surface area (Å²) in [5.74, 6) is 0.421. The van der Waals surface area contributed by atoms with Gasteiger partial charge in [0.15, 0.2) is 13.2 Å². The lowest BCUT2D eigenvalue weighted by Gasteiger charge is -2.39.